The zero-order chi connectivity index (χ0) is 22.8. The van der Waals surface area contributed by atoms with E-state index in [2.05, 4.69) is 28.2 Å². The Kier molecular flexibility index (Phi) is 6.11. The van der Waals surface area contributed by atoms with Crippen molar-refractivity contribution in [3.63, 3.8) is 0 Å². The van der Waals surface area contributed by atoms with E-state index in [4.69, 9.17) is 16.3 Å². The molecule has 0 spiro atoms. The van der Waals surface area contributed by atoms with Crippen LogP contribution in [0.1, 0.15) is 5.56 Å². The highest BCUT2D eigenvalue weighted by Gasteiger charge is 2.28. The molecule has 0 radical (unpaired) electrons. The number of halogens is 1. The van der Waals surface area contributed by atoms with Crippen LogP contribution in [-0.2, 0) is 6.42 Å². The van der Waals surface area contributed by atoms with Gasteiger partial charge < -0.3 is 19.9 Å². The lowest BCUT2D eigenvalue weighted by Gasteiger charge is -2.35. The average molecular weight is 463 g/mol. The molecule has 3 aromatic carbocycles. The molecule has 1 fully saturated rings. The Labute approximate surface area is 199 Å². The maximum atomic E-state index is 13.2. The van der Waals surface area contributed by atoms with Crippen LogP contribution in [0.2, 0.25) is 5.02 Å². The van der Waals surface area contributed by atoms with Gasteiger partial charge in [0, 0.05) is 44.5 Å². The number of benzene rings is 3. The zero-order valence-electron chi connectivity index (χ0n) is 18.6. The van der Waals surface area contributed by atoms with E-state index in [9.17, 15) is 4.79 Å². The number of rotatable bonds is 4. The number of hydrogen-bond donors (Lipinski definition) is 1. The number of amides is 2. The van der Waals surface area contributed by atoms with E-state index in [0.29, 0.717) is 18.0 Å². The van der Waals surface area contributed by atoms with Crippen LogP contribution < -0.4 is 19.9 Å². The van der Waals surface area contributed by atoms with Crippen LogP contribution in [-0.4, -0.2) is 50.7 Å². The summed E-state index contributed by atoms with van der Waals surface area (Å²) in [6, 6.07) is 21.0. The number of piperazine rings is 1. The molecular formula is C26H27ClN4O2. The number of carbonyl (C=O) groups excluding carboxylic acids is 1. The molecule has 33 heavy (non-hydrogen) atoms. The van der Waals surface area contributed by atoms with E-state index in [0.717, 1.165) is 60.3 Å². The standard InChI is InChI=1S/C26H27ClN4O2/c1-29-12-14-30(15-13-29)25-18-24-19(16-23(25)27)10-11-31(24)26(32)28-20-6-5-9-22(17-20)33-21-7-3-2-4-8-21/h2-9,16-18H,10-15H2,1H3,(H,28,32). The first-order valence-electron chi connectivity index (χ1n) is 11.2. The first-order valence-corrected chi connectivity index (χ1v) is 11.6. The Morgan fingerprint density at radius 2 is 1.64 bits per heavy atom. The summed E-state index contributed by atoms with van der Waals surface area (Å²) in [6.07, 6.45) is 0.794. The van der Waals surface area contributed by atoms with Gasteiger partial charge in [0.2, 0.25) is 0 Å². The third-order valence-electron chi connectivity index (χ3n) is 6.20. The normalized spacial score (nSPS) is 15.9. The molecule has 3 aromatic rings. The number of likely N-dealkylation sites (N-methyl/N-ethyl adjacent to an activating group) is 1. The van der Waals surface area contributed by atoms with Crippen LogP contribution in [0.3, 0.4) is 0 Å². The van der Waals surface area contributed by atoms with Crippen molar-refractivity contribution in [1.82, 2.24) is 4.90 Å². The van der Waals surface area contributed by atoms with Crippen molar-refractivity contribution in [3.8, 4) is 11.5 Å². The second kappa shape index (κ2) is 9.33. The van der Waals surface area contributed by atoms with Crippen LogP contribution in [0.5, 0.6) is 11.5 Å². The van der Waals surface area contributed by atoms with E-state index in [1.807, 2.05) is 60.7 Å². The molecule has 2 amide bonds. The summed E-state index contributed by atoms with van der Waals surface area (Å²) in [5, 5.41) is 3.78. The van der Waals surface area contributed by atoms with Gasteiger partial charge in [0.1, 0.15) is 11.5 Å². The van der Waals surface area contributed by atoms with Crippen molar-refractivity contribution in [2.45, 2.75) is 6.42 Å². The largest absolute Gasteiger partial charge is 0.457 e. The Bertz CT molecular complexity index is 1150. The Morgan fingerprint density at radius 1 is 0.879 bits per heavy atom. The number of para-hydroxylation sites is 1. The maximum absolute atomic E-state index is 13.2. The number of urea groups is 1. The lowest BCUT2D eigenvalue weighted by atomic mass is 10.1. The van der Waals surface area contributed by atoms with Crippen LogP contribution >= 0.6 is 11.6 Å². The molecule has 7 heteroatoms. The molecular weight excluding hydrogens is 436 g/mol. The zero-order valence-corrected chi connectivity index (χ0v) is 19.4. The molecule has 0 bridgehead atoms. The molecule has 0 unspecified atom stereocenters. The highest BCUT2D eigenvalue weighted by atomic mass is 35.5. The monoisotopic (exact) mass is 462 g/mol. The van der Waals surface area contributed by atoms with Gasteiger partial charge in [0.15, 0.2) is 0 Å². The minimum absolute atomic E-state index is 0.155. The quantitative estimate of drug-likeness (QED) is 0.557. The Hall–Kier alpha value is -3.22. The maximum Gasteiger partial charge on any atom is 0.326 e. The number of ether oxygens (including phenoxy) is 1. The van der Waals surface area contributed by atoms with Gasteiger partial charge in [-0.2, -0.15) is 0 Å². The molecule has 6 nitrogen and oxygen atoms in total. The van der Waals surface area contributed by atoms with Crippen molar-refractivity contribution in [3.05, 3.63) is 77.3 Å². The van der Waals surface area contributed by atoms with Gasteiger partial charge in [0.25, 0.3) is 0 Å². The number of carbonyl (C=O) groups is 1. The fraction of sp³-hybridized carbons (Fsp3) is 0.269. The molecule has 0 aliphatic carbocycles. The van der Waals surface area contributed by atoms with Gasteiger partial charge in [-0.15, -0.1) is 0 Å². The van der Waals surface area contributed by atoms with Crippen LogP contribution in [0, 0.1) is 0 Å². The highest BCUT2D eigenvalue weighted by molar-refractivity contribution is 6.33. The van der Waals surface area contributed by atoms with Crippen LogP contribution in [0.4, 0.5) is 21.9 Å². The van der Waals surface area contributed by atoms with E-state index < -0.39 is 0 Å². The molecule has 1 N–H and O–H groups in total. The van der Waals surface area contributed by atoms with Gasteiger partial charge >= 0.3 is 6.03 Å². The topological polar surface area (TPSA) is 48.0 Å². The molecule has 1 saturated heterocycles. The van der Waals surface area contributed by atoms with Gasteiger partial charge in [-0.05, 0) is 55.4 Å². The van der Waals surface area contributed by atoms with E-state index in [1.54, 1.807) is 4.90 Å². The third kappa shape index (κ3) is 4.77. The van der Waals surface area contributed by atoms with Crippen molar-refractivity contribution in [2.24, 2.45) is 0 Å². The first kappa shape index (κ1) is 21.6. The summed E-state index contributed by atoms with van der Waals surface area (Å²) in [5.41, 5.74) is 3.73. The average Bonchev–Trinajstić information content (AvgIpc) is 3.23. The van der Waals surface area contributed by atoms with Crippen molar-refractivity contribution in [2.75, 3.05) is 54.9 Å². The van der Waals surface area contributed by atoms with E-state index in [1.165, 1.54) is 0 Å². The molecule has 170 valence electrons. The Balaban J connectivity index is 1.32. The summed E-state index contributed by atoms with van der Waals surface area (Å²) < 4.78 is 5.90. The molecule has 5 rings (SSSR count). The molecule has 0 saturated carbocycles. The molecule has 2 aliphatic rings. The summed E-state index contributed by atoms with van der Waals surface area (Å²) in [7, 11) is 2.13. The lowest BCUT2D eigenvalue weighted by Crippen LogP contribution is -2.44. The van der Waals surface area contributed by atoms with Gasteiger partial charge in [0.05, 0.1) is 16.4 Å². The molecule has 0 atom stereocenters. The summed E-state index contributed by atoms with van der Waals surface area (Å²) in [6.45, 7) is 4.48. The number of nitrogens with one attached hydrogen (secondary N) is 1. The first-order chi connectivity index (χ1) is 16.1. The van der Waals surface area contributed by atoms with Crippen molar-refractivity contribution in [1.29, 1.82) is 0 Å². The minimum Gasteiger partial charge on any atom is -0.457 e. The minimum atomic E-state index is -0.155. The van der Waals surface area contributed by atoms with Crippen molar-refractivity contribution >= 4 is 34.7 Å². The lowest BCUT2D eigenvalue weighted by molar-refractivity contribution is 0.257. The number of fused-ring (bicyclic) bond motifs is 1. The van der Waals surface area contributed by atoms with Crippen LogP contribution in [0.25, 0.3) is 0 Å². The smallest absolute Gasteiger partial charge is 0.326 e. The predicted molar refractivity (Wildman–Crippen MR) is 134 cm³/mol. The van der Waals surface area contributed by atoms with E-state index >= 15 is 0 Å². The molecule has 2 heterocycles. The van der Waals surface area contributed by atoms with E-state index in [-0.39, 0.29) is 6.03 Å². The second-order valence-electron chi connectivity index (χ2n) is 8.50. The third-order valence-corrected chi connectivity index (χ3v) is 6.50. The summed E-state index contributed by atoms with van der Waals surface area (Å²) in [4.78, 5) is 19.6. The second-order valence-corrected chi connectivity index (χ2v) is 8.90. The molecule has 2 aliphatic heterocycles. The van der Waals surface area contributed by atoms with Crippen LogP contribution in [0.15, 0.2) is 66.7 Å². The van der Waals surface area contributed by atoms with Gasteiger partial charge in [-0.1, -0.05) is 35.9 Å². The number of nitrogens with zero attached hydrogens (tertiary/aromatic N) is 3. The fourth-order valence-electron chi connectivity index (χ4n) is 4.35. The fourth-order valence-corrected chi connectivity index (χ4v) is 4.66. The van der Waals surface area contributed by atoms with Gasteiger partial charge in [-0.3, -0.25) is 4.90 Å². The van der Waals surface area contributed by atoms with Crippen molar-refractivity contribution < 1.29 is 9.53 Å². The Morgan fingerprint density at radius 3 is 2.42 bits per heavy atom. The summed E-state index contributed by atoms with van der Waals surface area (Å²) >= 11 is 6.63. The number of hydrogen-bond acceptors (Lipinski definition) is 4. The predicted octanol–water partition coefficient (Wildman–Crippen LogP) is 5.48. The SMILES string of the molecule is CN1CCN(c2cc3c(cc2Cl)CCN3C(=O)Nc2cccc(Oc3ccccc3)c2)CC1. The molecule has 0 aromatic heterocycles. The number of anilines is 3. The van der Waals surface area contributed by atoms with Gasteiger partial charge in [-0.25, -0.2) is 4.79 Å². The highest BCUT2D eigenvalue weighted by Crippen LogP contribution is 2.38. The summed E-state index contributed by atoms with van der Waals surface area (Å²) in [5.74, 6) is 1.42.